The molecule has 1 aliphatic heterocycles. The molecule has 2 heterocycles. The third-order valence-electron chi connectivity index (χ3n) is 3.16. The molecule has 2 atom stereocenters. The molecule has 0 bridgehead atoms. The average Bonchev–Trinajstić information content (AvgIpc) is 2.80. The van der Waals surface area contributed by atoms with Crippen LogP contribution in [0.15, 0.2) is 16.3 Å². The van der Waals surface area contributed by atoms with Crippen LogP contribution in [0.2, 0.25) is 0 Å². The maximum atomic E-state index is 12.2. The summed E-state index contributed by atoms with van der Waals surface area (Å²) in [7, 11) is 0. The molecule has 0 spiro atoms. The van der Waals surface area contributed by atoms with Crippen LogP contribution in [-0.2, 0) is 0 Å². The first-order valence-corrected chi connectivity index (χ1v) is 7.96. The minimum atomic E-state index is 0.0862. The standard InChI is InChI=1S/C12H18N2OS2/c1-8-7-13-5-3-9(8)14-12(15)11-10(16-2)4-6-17-11/h4,6,8-9,13H,3,5,7H2,1-2H3,(H,14,15). The van der Waals surface area contributed by atoms with Gasteiger partial charge in [-0.05, 0) is 43.1 Å². The molecular formula is C12H18N2OS2. The summed E-state index contributed by atoms with van der Waals surface area (Å²) in [5.74, 6) is 0.591. The Morgan fingerprint density at radius 1 is 1.65 bits per heavy atom. The van der Waals surface area contributed by atoms with E-state index in [2.05, 4.69) is 17.6 Å². The predicted octanol–water partition coefficient (Wildman–Crippen LogP) is 2.20. The highest BCUT2D eigenvalue weighted by Crippen LogP contribution is 2.25. The van der Waals surface area contributed by atoms with E-state index in [4.69, 9.17) is 0 Å². The molecule has 1 aromatic rings. The van der Waals surface area contributed by atoms with Crippen LogP contribution in [-0.4, -0.2) is 31.3 Å². The predicted molar refractivity (Wildman–Crippen MR) is 74.0 cm³/mol. The van der Waals surface area contributed by atoms with Crippen molar-refractivity contribution in [2.45, 2.75) is 24.3 Å². The molecule has 2 rings (SSSR count). The van der Waals surface area contributed by atoms with Gasteiger partial charge in [0.2, 0.25) is 0 Å². The van der Waals surface area contributed by atoms with E-state index in [-0.39, 0.29) is 5.91 Å². The van der Waals surface area contributed by atoms with Gasteiger partial charge in [-0.1, -0.05) is 6.92 Å². The van der Waals surface area contributed by atoms with Crippen LogP contribution in [0, 0.1) is 5.92 Å². The number of piperidine rings is 1. The van der Waals surface area contributed by atoms with Gasteiger partial charge in [-0.2, -0.15) is 0 Å². The van der Waals surface area contributed by atoms with E-state index in [9.17, 15) is 4.79 Å². The highest BCUT2D eigenvalue weighted by molar-refractivity contribution is 7.98. The molecule has 5 heteroatoms. The van der Waals surface area contributed by atoms with Gasteiger partial charge in [-0.3, -0.25) is 4.79 Å². The smallest absolute Gasteiger partial charge is 0.262 e. The fourth-order valence-electron chi connectivity index (χ4n) is 2.09. The summed E-state index contributed by atoms with van der Waals surface area (Å²) in [5, 5.41) is 8.48. The Morgan fingerprint density at radius 3 is 3.18 bits per heavy atom. The third-order valence-corrected chi connectivity index (χ3v) is 4.98. The van der Waals surface area contributed by atoms with Crippen molar-refractivity contribution in [2.75, 3.05) is 19.3 Å². The van der Waals surface area contributed by atoms with Crippen LogP contribution in [0.5, 0.6) is 0 Å². The molecule has 0 aromatic carbocycles. The summed E-state index contributed by atoms with van der Waals surface area (Å²) in [6, 6.07) is 2.32. The van der Waals surface area contributed by atoms with Crippen molar-refractivity contribution >= 4 is 29.0 Å². The number of hydrogen-bond acceptors (Lipinski definition) is 4. The van der Waals surface area contributed by atoms with Crippen molar-refractivity contribution in [2.24, 2.45) is 5.92 Å². The van der Waals surface area contributed by atoms with Gasteiger partial charge in [0, 0.05) is 10.9 Å². The summed E-state index contributed by atoms with van der Waals surface area (Å²) in [6.45, 7) is 4.17. The van der Waals surface area contributed by atoms with Gasteiger partial charge in [0.25, 0.3) is 5.91 Å². The second kappa shape index (κ2) is 5.89. The highest BCUT2D eigenvalue weighted by Gasteiger charge is 2.24. The van der Waals surface area contributed by atoms with Crippen LogP contribution < -0.4 is 10.6 Å². The molecule has 0 saturated carbocycles. The van der Waals surface area contributed by atoms with Crippen molar-refractivity contribution in [1.82, 2.24) is 10.6 Å². The zero-order valence-corrected chi connectivity index (χ0v) is 11.8. The Kier molecular flexibility index (Phi) is 4.48. The van der Waals surface area contributed by atoms with Crippen LogP contribution in [0.4, 0.5) is 0 Å². The summed E-state index contributed by atoms with van der Waals surface area (Å²) in [5.41, 5.74) is 0. The molecule has 1 saturated heterocycles. The zero-order chi connectivity index (χ0) is 12.3. The fourth-order valence-corrected chi connectivity index (χ4v) is 3.74. The summed E-state index contributed by atoms with van der Waals surface area (Å²) >= 11 is 3.15. The molecule has 1 amide bonds. The van der Waals surface area contributed by atoms with Crippen molar-refractivity contribution in [3.05, 3.63) is 16.3 Å². The topological polar surface area (TPSA) is 41.1 Å². The number of thioether (sulfide) groups is 1. The Balaban J connectivity index is 2.01. The second-order valence-electron chi connectivity index (χ2n) is 4.37. The number of hydrogen-bond donors (Lipinski definition) is 2. The van der Waals surface area contributed by atoms with Crippen LogP contribution in [0.1, 0.15) is 23.0 Å². The van der Waals surface area contributed by atoms with Gasteiger partial charge in [0.15, 0.2) is 0 Å². The minimum absolute atomic E-state index is 0.0862. The van der Waals surface area contributed by atoms with E-state index in [0.29, 0.717) is 12.0 Å². The molecule has 1 aromatic heterocycles. The van der Waals surface area contributed by atoms with Crippen molar-refractivity contribution < 1.29 is 4.79 Å². The summed E-state index contributed by atoms with van der Waals surface area (Å²) in [6.07, 6.45) is 3.03. The average molecular weight is 270 g/mol. The number of carbonyl (C=O) groups excluding carboxylic acids is 1. The Hall–Kier alpha value is -0.520. The summed E-state index contributed by atoms with van der Waals surface area (Å²) in [4.78, 5) is 14.1. The van der Waals surface area contributed by atoms with Gasteiger partial charge < -0.3 is 10.6 Å². The largest absolute Gasteiger partial charge is 0.348 e. The van der Waals surface area contributed by atoms with Gasteiger partial charge >= 0.3 is 0 Å². The lowest BCUT2D eigenvalue weighted by atomic mass is 9.95. The first kappa shape index (κ1) is 12.9. The number of nitrogens with one attached hydrogen (secondary N) is 2. The van der Waals surface area contributed by atoms with Crippen molar-refractivity contribution in [1.29, 1.82) is 0 Å². The van der Waals surface area contributed by atoms with Gasteiger partial charge in [0.05, 0.1) is 0 Å². The first-order valence-electron chi connectivity index (χ1n) is 5.85. The lowest BCUT2D eigenvalue weighted by Gasteiger charge is -2.30. The van der Waals surface area contributed by atoms with Crippen LogP contribution >= 0.6 is 23.1 Å². The van der Waals surface area contributed by atoms with E-state index >= 15 is 0 Å². The molecular weight excluding hydrogens is 252 g/mol. The van der Waals surface area contributed by atoms with E-state index in [1.165, 1.54) is 11.3 Å². The van der Waals surface area contributed by atoms with E-state index in [0.717, 1.165) is 29.3 Å². The number of carbonyl (C=O) groups is 1. The molecule has 1 aliphatic rings. The normalized spacial score (nSPS) is 24.6. The van der Waals surface area contributed by atoms with Crippen molar-refractivity contribution in [3.63, 3.8) is 0 Å². The van der Waals surface area contributed by atoms with E-state index in [1.54, 1.807) is 11.8 Å². The zero-order valence-electron chi connectivity index (χ0n) is 10.2. The molecule has 0 aliphatic carbocycles. The van der Waals surface area contributed by atoms with Gasteiger partial charge in [-0.15, -0.1) is 23.1 Å². The molecule has 2 N–H and O–H groups in total. The maximum Gasteiger partial charge on any atom is 0.262 e. The number of amides is 1. The molecule has 1 fully saturated rings. The van der Waals surface area contributed by atoms with E-state index in [1.807, 2.05) is 17.7 Å². The monoisotopic (exact) mass is 270 g/mol. The number of thiophene rings is 1. The van der Waals surface area contributed by atoms with Gasteiger partial charge in [-0.25, -0.2) is 0 Å². The molecule has 17 heavy (non-hydrogen) atoms. The van der Waals surface area contributed by atoms with E-state index < -0.39 is 0 Å². The molecule has 94 valence electrons. The van der Waals surface area contributed by atoms with Crippen LogP contribution in [0.3, 0.4) is 0 Å². The number of rotatable bonds is 3. The second-order valence-corrected chi connectivity index (χ2v) is 6.13. The quantitative estimate of drug-likeness (QED) is 0.827. The Bertz CT molecular complexity index is 392. The highest BCUT2D eigenvalue weighted by atomic mass is 32.2. The summed E-state index contributed by atoms with van der Waals surface area (Å²) < 4.78 is 0. The SMILES string of the molecule is CSc1ccsc1C(=O)NC1CCNCC1C. The minimum Gasteiger partial charge on any atom is -0.348 e. The van der Waals surface area contributed by atoms with Crippen LogP contribution in [0.25, 0.3) is 0 Å². The fraction of sp³-hybridized carbons (Fsp3) is 0.583. The first-order chi connectivity index (χ1) is 8.22. The Morgan fingerprint density at radius 2 is 2.47 bits per heavy atom. The molecule has 2 unspecified atom stereocenters. The molecule has 0 radical (unpaired) electrons. The lowest BCUT2D eigenvalue weighted by Crippen LogP contribution is -2.48. The van der Waals surface area contributed by atoms with Gasteiger partial charge in [0.1, 0.15) is 4.88 Å². The third kappa shape index (κ3) is 3.03. The maximum absolute atomic E-state index is 12.2. The Labute approximate surface area is 110 Å². The molecule has 3 nitrogen and oxygen atoms in total. The lowest BCUT2D eigenvalue weighted by molar-refractivity contribution is 0.0915. The van der Waals surface area contributed by atoms with Crippen molar-refractivity contribution in [3.8, 4) is 0 Å².